The van der Waals surface area contributed by atoms with Crippen molar-refractivity contribution in [3.8, 4) is 5.69 Å². The Balaban J connectivity index is 2.15. The number of nitrogens with two attached hydrogens (primary N) is 1. The topological polar surface area (TPSA) is 73.8 Å². The lowest BCUT2D eigenvalue weighted by Gasteiger charge is -2.15. The molecule has 0 saturated carbocycles. The maximum absolute atomic E-state index is 11.4. The fourth-order valence-electron chi connectivity index (χ4n) is 2.46. The number of rotatable bonds is 2. The molecule has 2 N–H and O–H groups in total. The first-order chi connectivity index (χ1) is 8.77. The largest absolute Gasteiger partial charge is 0.364 e. The number of pyridine rings is 1. The minimum atomic E-state index is -0.510. The number of nitrogens with zero attached hydrogens (tertiary/aromatic N) is 3. The lowest BCUT2D eigenvalue weighted by Crippen LogP contribution is -2.17. The fraction of sp³-hybridized carbons (Fsp3) is 0.308. The quantitative estimate of drug-likeness (QED) is 0.861. The van der Waals surface area contributed by atoms with Crippen LogP contribution in [0.3, 0.4) is 0 Å². The summed E-state index contributed by atoms with van der Waals surface area (Å²) in [5.74, 6) is -0.510. The second kappa shape index (κ2) is 4.25. The summed E-state index contributed by atoms with van der Waals surface area (Å²) in [6, 6.07) is 3.65. The predicted molar refractivity (Wildman–Crippen MR) is 66.5 cm³/mol. The van der Waals surface area contributed by atoms with Crippen LogP contribution in [-0.4, -0.2) is 20.4 Å². The van der Waals surface area contributed by atoms with Gasteiger partial charge in [0.15, 0.2) is 5.69 Å². The molecule has 0 aromatic carbocycles. The van der Waals surface area contributed by atoms with E-state index in [-0.39, 0.29) is 0 Å². The summed E-state index contributed by atoms with van der Waals surface area (Å²) in [5, 5.41) is 0. The smallest absolute Gasteiger partial charge is 0.269 e. The molecule has 92 valence electrons. The fourth-order valence-corrected chi connectivity index (χ4v) is 2.46. The second-order valence-electron chi connectivity index (χ2n) is 4.45. The van der Waals surface area contributed by atoms with Gasteiger partial charge in [-0.15, -0.1) is 0 Å². The van der Waals surface area contributed by atoms with Gasteiger partial charge in [-0.05, 0) is 37.8 Å². The van der Waals surface area contributed by atoms with E-state index in [2.05, 4.69) is 9.97 Å². The van der Waals surface area contributed by atoms with Crippen molar-refractivity contribution in [2.75, 3.05) is 0 Å². The van der Waals surface area contributed by atoms with Gasteiger partial charge in [-0.2, -0.15) is 0 Å². The van der Waals surface area contributed by atoms with E-state index in [9.17, 15) is 4.79 Å². The van der Waals surface area contributed by atoms with Crippen LogP contribution in [0.2, 0.25) is 0 Å². The van der Waals surface area contributed by atoms with Crippen LogP contribution >= 0.6 is 0 Å². The molecule has 0 spiro atoms. The number of fused-ring (bicyclic) bond motifs is 1. The molecule has 0 unspecified atom stereocenters. The van der Waals surface area contributed by atoms with Crippen molar-refractivity contribution in [2.24, 2.45) is 5.73 Å². The van der Waals surface area contributed by atoms with E-state index in [1.807, 2.05) is 10.6 Å². The molecule has 18 heavy (non-hydrogen) atoms. The number of hydrogen-bond acceptors (Lipinski definition) is 3. The Bertz CT molecular complexity index is 603. The van der Waals surface area contributed by atoms with Gasteiger partial charge in [-0.3, -0.25) is 4.79 Å². The number of imidazole rings is 1. The zero-order chi connectivity index (χ0) is 12.5. The minimum Gasteiger partial charge on any atom is -0.364 e. The summed E-state index contributed by atoms with van der Waals surface area (Å²) in [4.78, 5) is 19.9. The molecule has 1 amide bonds. The lowest BCUT2D eigenvalue weighted by molar-refractivity contribution is 0.0995. The van der Waals surface area contributed by atoms with Crippen molar-refractivity contribution in [2.45, 2.75) is 25.7 Å². The first kappa shape index (κ1) is 11.0. The van der Waals surface area contributed by atoms with E-state index in [0.29, 0.717) is 5.69 Å². The predicted octanol–water partition coefficient (Wildman–Crippen LogP) is 1.24. The van der Waals surface area contributed by atoms with Crippen LogP contribution in [0.4, 0.5) is 0 Å². The highest BCUT2D eigenvalue weighted by molar-refractivity contribution is 5.94. The Hall–Kier alpha value is -2.17. The van der Waals surface area contributed by atoms with Gasteiger partial charge in [-0.1, -0.05) is 0 Å². The monoisotopic (exact) mass is 242 g/mol. The molecule has 5 nitrogen and oxygen atoms in total. The number of aromatic nitrogens is 3. The SMILES string of the molecule is NC(=O)c1ncccc1-n1cnc2c1CCCC2. The van der Waals surface area contributed by atoms with Gasteiger partial charge in [0.25, 0.3) is 5.91 Å². The standard InChI is InChI=1S/C13H14N4O/c14-13(18)12-11(6-3-7-15-12)17-8-16-9-4-1-2-5-10(9)17/h3,6-8H,1-2,4-5H2,(H2,14,18). The molecule has 0 atom stereocenters. The van der Waals surface area contributed by atoms with Crippen molar-refractivity contribution in [1.29, 1.82) is 0 Å². The average molecular weight is 242 g/mol. The van der Waals surface area contributed by atoms with Gasteiger partial charge < -0.3 is 10.3 Å². The van der Waals surface area contributed by atoms with E-state index in [0.717, 1.165) is 30.6 Å². The maximum Gasteiger partial charge on any atom is 0.269 e. The zero-order valence-electron chi connectivity index (χ0n) is 9.97. The molecule has 5 heteroatoms. The highest BCUT2D eigenvalue weighted by atomic mass is 16.1. The summed E-state index contributed by atoms with van der Waals surface area (Å²) in [5.41, 5.74) is 8.68. The van der Waals surface area contributed by atoms with Crippen LogP contribution < -0.4 is 5.73 Å². The molecular weight excluding hydrogens is 228 g/mol. The van der Waals surface area contributed by atoms with E-state index in [1.54, 1.807) is 18.6 Å². The van der Waals surface area contributed by atoms with Crippen molar-refractivity contribution >= 4 is 5.91 Å². The van der Waals surface area contributed by atoms with E-state index < -0.39 is 5.91 Å². The van der Waals surface area contributed by atoms with E-state index in [4.69, 9.17) is 5.73 Å². The Morgan fingerprint density at radius 2 is 2.11 bits per heavy atom. The summed E-state index contributed by atoms with van der Waals surface area (Å²) >= 11 is 0. The first-order valence-electron chi connectivity index (χ1n) is 6.07. The summed E-state index contributed by atoms with van der Waals surface area (Å²) < 4.78 is 1.95. The molecule has 0 saturated heterocycles. The normalized spacial score (nSPS) is 14.2. The molecule has 2 aromatic rings. The third-order valence-electron chi connectivity index (χ3n) is 3.31. The first-order valence-corrected chi connectivity index (χ1v) is 6.07. The summed E-state index contributed by atoms with van der Waals surface area (Å²) in [7, 11) is 0. The molecule has 0 fully saturated rings. The number of primary amides is 1. The second-order valence-corrected chi connectivity index (χ2v) is 4.45. The highest BCUT2D eigenvalue weighted by Gasteiger charge is 2.19. The number of aryl methyl sites for hydroxylation is 1. The molecule has 0 bridgehead atoms. The van der Waals surface area contributed by atoms with Crippen LogP contribution in [0.5, 0.6) is 0 Å². The van der Waals surface area contributed by atoms with Gasteiger partial charge in [0.1, 0.15) is 0 Å². The Kier molecular flexibility index (Phi) is 2.59. The van der Waals surface area contributed by atoms with Crippen LogP contribution in [0.1, 0.15) is 34.7 Å². The molecule has 0 aliphatic heterocycles. The molecule has 1 aliphatic carbocycles. The Labute approximate surface area is 105 Å². The van der Waals surface area contributed by atoms with Gasteiger partial charge in [0, 0.05) is 11.9 Å². The van der Waals surface area contributed by atoms with Gasteiger partial charge in [-0.25, -0.2) is 9.97 Å². The molecular formula is C13H14N4O. The molecule has 3 rings (SSSR count). The lowest BCUT2D eigenvalue weighted by atomic mass is 10.0. The van der Waals surface area contributed by atoms with Crippen LogP contribution in [0.15, 0.2) is 24.7 Å². The third kappa shape index (κ3) is 1.68. The zero-order valence-corrected chi connectivity index (χ0v) is 9.97. The van der Waals surface area contributed by atoms with E-state index in [1.165, 1.54) is 12.1 Å². The third-order valence-corrected chi connectivity index (χ3v) is 3.31. The molecule has 1 aliphatic rings. The van der Waals surface area contributed by atoms with Crippen molar-refractivity contribution in [3.63, 3.8) is 0 Å². The molecule has 2 aromatic heterocycles. The van der Waals surface area contributed by atoms with Crippen molar-refractivity contribution in [1.82, 2.24) is 14.5 Å². The average Bonchev–Trinajstić information content (AvgIpc) is 2.82. The summed E-state index contributed by atoms with van der Waals surface area (Å²) in [6.07, 6.45) is 7.67. The molecule has 2 heterocycles. The van der Waals surface area contributed by atoms with Crippen molar-refractivity contribution < 1.29 is 4.79 Å². The number of carbonyl (C=O) groups is 1. The Morgan fingerprint density at radius 1 is 1.28 bits per heavy atom. The highest BCUT2D eigenvalue weighted by Crippen LogP contribution is 2.23. The number of hydrogen-bond donors (Lipinski definition) is 1. The minimum absolute atomic E-state index is 0.295. The number of amides is 1. The summed E-state index contributed by atoms with van der Waals surface area (Å²) in [6.45, 7) is 0. The van der Waals surface area contributed by atoms with Gasteiger partial charge in [0.2, 0.25) is 0 Å². The van der Waals surface area contributed by atoms with Crippen LogP contribution in [0.25, 0.3) is 5.69 Å². The molecule has 0 radical (unpaired) electrons. The van der Waals surface area contributed by atoms with Crippen LogP contribution in [-0.2, 0) is 12.8 Å². The van der Waals surface area contributed by atoms with E-state index >= 15 is 0 Å². The maximum atomic E-state index is 11.4. The van der Waals surface area contributed by atoms with Crippen LogP contribution in [0, 0.1) is 0 Å². The van der Waals surface area contributed by atoms with Gasteiger partial charge >= 0.3 is 0 Å². The Morgan fingerprint density at radius 3 is 2.94 bits per heavy atom. The number of carbonyl (C=O) groups excluding carboxylic acids is 1. The van der Waals surface area contributed by atoms with Gasteiger partial charge in [0.05, 0.1) is 17.7 Å². The van der Waals surface area contributed by atoms with Crippen molar-refractivity contribution in [3.05, 3.63) is 41.7 Å².